The largest absolute Gasteiger partial charge is 0.432 e. The van der Waals surface area contributed by atoms with Crippen LogP contribution in [0.1, 0.15) is 20.8 Å². The zero-order valence-electron chi connectivity index (χ0n) is 6.47. The second kappa shape index (κ2) is 4.06. The maximum Gasteiger partial charge on any atom is 0.307 e. The number of aliphatic hydroxyl groups is 1. The molecule has 3 nitrogen and oxygen atoms in total. The molecule has 0 aromatic rings. The van der Waals surface area contributed by atoms with Crippen molar-refractivity contribution < 1.29 is 14.6 Å². The van der Waals surface area contributed by atoms with Gasteiger partial charge in [0.15, 0.2) is 0 Å². The molecule has 3 heteroatoms. The van der Waals surface area contributed by atoms with E-state index in [1.807, 2.05) is 0 Å². The van der Waals surface area contributed by atoms with Crippen LogP contribution < -0.4 is 0 Å². The molecule has 0 bridgehead atoms. The van der Waals surface area contributed by atoms with E-state index in [9.17, 15) is 4.79 Å². The van der Waals surface area contributed by atoms with Crippen LogP contribution in [0.4, 0.5) is 0 Å². The number of aliphatic hydroxyl groups excluding tert-OH is 1. The van der Waals surface area contributed by atoms with E-state index in [0.29, 0.717) is 11.3 Å². The highest BCUT2D eigenvalue weighted by Gasteiger charge is 1.98. The van der Waals surface area contributed by atoms with E-state index in [1.165, 1.54) is 6.92 Å². The van der Waals surface area contributed by atoms with Gasteiger partial charge >= 0.3 is 5.97 Å². The molecule has 0 aliphatic carbocycles. The Bertz CT molecular complexity index is 158. The van der Waals surface area contributed by atoms with E-state index in [1.54, 1.807) is 13.8 Å². The molecule has 0 heterocycles. The summed E-state index contributed by atoms with van der Waals surface area (Å²) < 4.78 is 4.68. The predicted octanol–water partition coefficient (Wildman–Crippen LogP) is 0.836. The van der Waals surface area contributed by atoms with E-state index in [4.69, 9.17) is 5.11 Å². The minimum atomic E-state index is -0.356. The summed E-state index contributed by atoms with van der Waals surface area (Å²) in [6, 6.07) is 0. The minimum absolute atomic E-state index is 0.0703. The number of esters is 1. The molecular formula is C7H12O3. The van der Waals surface area contributed by atoms with Crippen molar-refractivity contribution in [3.8, 4) is 0 Å². The predicted molar refractivity (Wildman–Crippen MR) is 37.2 cm³/mol. The van der Waals surface area contributed by atoms with Crippen LogP contribution in [0.25, 0.3) is 0 Å². The van der Waals surface area contributed by atoms with Crippen molar-refractivity contribution in [2.24, 2.45) is 0 Å². The van der Waals surface area contributed by atoms with Gasteiger partial charge in [0.05, 0.1) is 6.61 Å². The monoisotopic (exact) mass is 144 g/mol. The normalized spacial score (nSPS) is 12.4. The molecule has 0 aromatic carbocycles. The average molecular weight is 144 g/mol. The van der Waals surface area contributed by atoms with Crippen molar-refractivity contribution >= 4 is 5.97 Å². The summed E-state index contributed by atoms with van der Waals surface area (Å²) in [5.74, 6) is 0.125. The van der Waals surface area contributed by atoms with Crippen LogP contribution in [0.3, 0.4) is 0 Å². The van der Waals surface area contributed by atoms with E-state index < -0.39 is 0 Å². The number of allylic oxidation sites excluding steroid dienone is 1. The standard InChI is InChI=1S/C7H12O3/c1-5(4-8)6(2)10-7(3)9/h8H,4H2,1-3H3/b6-5-. The summed E-state index contributed by atoms with van der Waals surface area (Å²) in [5.41, 5.74) is 0.676. The maximum atomic E-state index is 10.3. The molecule has 0 radical (unpaired) electrons. The first kappa shape index (κ1) is 9.17. The highest BCUT2D eigenvalue weighted by molar-refractivity contribution is 5.67. The van der Waals surface area contributed by atoms with Gasteiger partial charge in [-0.25, -0.2) is 0 Å². The smallest absolute Gasteiger partial charge is 0.307 e. The number of ether oxygens (including phenoxy) is 1. The highest BCUT2D eigenvalue weighted by atomic mass is 16.5. The fourth-order valence-corrected chi connectivity index (χ4v) is 0.414. The number of rotatable bonds is 2. The first-order valence-electron chi connectivity index (χ1n) is 3.03. The molecule has 10 heavy (non-hydrogen) atoms. The molecule has 0 aliphatic heterocycles. The molecule has 0 aromatic heterocycles. The SMILES string of the molecule is CC(=O)O/C(C)=C(/C)CO. The van der Waals surface area contributed by atoms with Gasteiger partial charge in [0.2, 0.25) is 0 Å². The fourth-order valence-electron chi connectivity index (χ4n) is 0.414. The van der Waals surface area contributed by atoms with Crippen molar-refractivity contribution in [2.75, 3.05) is 6.61 Å². The van der Waals surface area contributed by atoms with Gasteiger partial charge in [0, 0.05) is 6.92 Å². The summed E-state index contributed by atoms with van der Waals surface area (Å²) in [5, 5.41) is 8.57. The Kier molecular flexibility index (Phi) is 3.72. The fraction of sp³-hybridized carbons (Fsp3) is 0.571. The minimum Gasteiger partial charge on any atom is -0.432 e. The lowest BCUT2D eigenvalue weighted by atomic mass is 10.3. The van der Waals surface area contributed by atoms with Crippen LogP contribution in [0, 0.1) is 0 Å². The summed E-state index contributed by atoms with van der Waals surface area (Å²) >= 11 is 0. The third-order valence-corrected chi connectivity index (χ3v) is 1.14. The van der Waals surface area contributed by atoms with Crippen molar-refractivity contribution in [3.05, 3.63) is 11.3 Å². The van der Waals surface area contributed by atoms with Gasteiger partial charge in [-0.1, -0.05) is 0 Å². The van der Waals surface area contributed by atoms with Crippen LogP contribution in [0.2, 0.25) is 0 Å². The first-order valence-corrected chi connectivity index (χ1v) is 3.03. The van der Waals surface area contributed by atoms with Gasteiger partial charge in [0.1, 0.15) is 5.76 Å². The second-order valence-electron chi connectivity index (χ2n) is 2.09. The van der Waals surface area contributed by atoms with Crippen LogP contribution in [-0.4, -0.2) is 17.7 Å². The van der Waals surface area contributed by atoms with E-state index >= 15 is 0 Å². The Labute approximate surface area is 60.3 Å². The molecule has 0 aliphatic rings. The number of carbonyl (C=O) groups excluding carboxylic acids is 1. The third-order valence-electron chi connectivity index (χ3n) is 1.14. The van der Waals surface area contributed by atoms with Crippen LogP contribution in [0.15, 0.2) is 11.3 Å². The molecule has 0 atom stereocenters. The quantitative estimate of drug-likeness (QED) is 0.461. The van der Waals surface area contributed by atoms with Crippen LogP contribution in [-0.2, 0) is 9.53 Å². The molecular weight excluding hydrogens is 132 g/mol. The summed E-state index contributed by atoms with van der Waals surface area (Å²) in [4.78, 5) is 10.3. The topological polar surface area (TPSA) is 46.5 Å². The van der Waals surface area contributed by atoms with Crippen molar-refractivity contribution in [2.45, 2.75) is 20.8 Å². The van der Waals surface area contributed by atoms with Crippen LogP contribution in [0.5, 0.6) is 0 Å². The number of hydrogen-bond donors (Lipinski definition) is 1. The molecule has 0 spiro atoms. The Morgan fingerprint density at radius 1 is 1.40 bits per heavy atom. The maximum absolute atomic E-state index is 10.3. The van der Waals surface area contributed by atoms with Gasteiger partial charge in [0.25, 0.3) is 0 Å². The molecule has 0 unspecified atom stereocenters. The Morgan fingerprint density at radius 3 is 2.20 bits per heavy atom. The van der Waals surface area contributed by atoms with Gasteiger partial charge in [-0.2, -0.15) is 0 Å². The molecule has 0 saturated carbocycles. The molecule has 0 saturated heterocycles. The van der Waals surface area contributed by atoms with Crippen molar-refractivity contribution in [1.29, 1.82) is 0 Å². The molecule has 58 valence electrons. The summed E-state index contributed by atoms with van der Waals surface area (Å²) in [6.07, 6.45) is 0. The summed E-state index contributed by atoms with van der Waals surface area (Å²) in [7, 11) is 0. The lowest BCUT2D eigenvalue weighted by Crippen LogP contribution is -2.00. The van der Waals surface area contributed by atoms with Crippen molar-refractivity contribution in [3.63, 3.8) is 0 Å². The van der Waals surface area contributed by atoms with E-state index in [0.717, 1.165) is 0 Å². The molecule has 0 amide bonds. The Balaban J connectivity index is 4.04. The van der Waals surface area contributed by atoms with Gasteiger partial charge in [-0.15, -0.1) is 0 Å². The average Bonchev–Trinajstić information content (AvgIpc) is 1.85. The first-order chi connectivity index (χ1) is 4.57. The van der Waals surface area contributed by atoms with Crippen LogP contribution >= 0.6 is 0 Å². The zero-order valence-corrected chi connectivity index (χ0v) is 6.47. The molecule has 1 N–H and O–H groups in total. The van der Waals surface area contributed by atoms with Gasteiger partial charge < -0.3 is 9.84 Å². The van der Waals surface area contributed by atoms with Crippen molar-refractivity contribution in [1.82, 2.24) is 0 Å². The lowest BCUT2D eigenvalue weighted by molar-refractivity contribution is -0.136. The molecule has 0 fully saturated rings. The van der Waals surface area contributed by atoms with E-state index in [2.05, 4.69) is 4.74 Å². The lowest BCUT2D eigenvalue weighted by Gasteiger charge is -2.03. The van der Waals surface area contributed by atoms with Gasteiger partial charge in [-0.05, 0) is 19.4 Å². The van der Waals surface area contributed by atoms with Gasteiger partial charge in [-0.3, -0.25) is 4.79 Å². The second-order valence-corrected chi connectivity index (χ2v) is 2.09. The number of carbonyl (C=O) groups is 1. The zero-order chi connectivity index (χ0) is 8.15. The summed E-state index contributed by atoms with van der Waals surface area (Å²) in [6.45, 7) is 4.61. The highest BCUT2D eigenvalue weighted by Crippen LogP contribution is 2.03. The number of hydrogen-bond acceptors (Lipinski definition) is 3. The Morgan fingerprint density at radius 2 is 1.90 bits per heavy atom. The van der Waals surface area contributed by atoms with E-state index in [-0.39, 0.29) is 12.6 Å². The third kappa shape index (κ3) is 3.25. The Hall–Kier alpha value is -0.830. The molecule has 0 rings (SSSR count).